The van der Waals surface area contributed by atoms with Crippen molar-refractivity contribution in [2.24, 2.45) is 11.8 Å². The van der Waals surface area contributed by atoms with E-state index in [-0.39, 0.29) is 17.9 Å². The number of nitrogens with zero attached hydrogens (tertiary/aromatic N) is 1. The van der Waals surface area contributed by atoms with Gasteiger partial charge in [0.2, 0.25) is 5.91 Å². The summed E-state index contributed by atoms with van der Waals surface area (Å²) in [4.78, 5) is 29.1. The van der Waals surface area contributed by atoms with E-state index in [1.165, 1.54) is 11.3 Å². The molecule has 2 heterocycles. The molecule has 1 saturated heterocycles. The van der Waals surface area contributed by atoms with Gasteiger partial charge in [0.05, 0.1) is 24.5 Å². The Morgan fingerprint density at radius 1 is 1.24 bits per heavy atom. The van der Waals surface area contributed by atoms with Gasteiger partial charge in [0.15, 0.2) is 6.04 Å². The van der Waals surface area contributed by atoms with Crippen molar-refractivity contribution in [3.63, 3.8) is 0 Å². The third-order valence-electron chi connectivity index (χ3n) is 5.74. The summed E-state index contributed by atoms with van der Waals surface area (Å²) in [7, 11) is 0. The lowest BCUT2D eigenvalue weighted by atomic mass is 9.90. The Morgan fingerprint density at radius 2 is 1.84 bits per heavy atom. The maximum Gasteiger partial charge on any atom is 0.285 e. The second-order valence-electron chi connectivity index (χ2n) is 8.44. The number of benzene rings is 1. The fourth-order valence-corrected chi connectivity index (χ4v) is 4.40. The Kier molecular flexibility index (Phi) is 4.62. The number of hydrogen-bond acceptors (Lipinski definition) is 2. The van der Waals surface area contributed by atoms with Crippen molar-refractivity contribution in [1.29, 1.82) is 0 Å². The average Bonchev–Trinajstić information content (AvgIpc) is 2.53. The first-order chi connectivity index (χ1) is 11.7. The number of rotatable bonds is 2. The van der Waals surface area contributed by atoms with Crippen LogP contribution in [-0.2, 0) is 9.59 Å². The van der Waals surface area contributed by atoms with E-state index in [9.17, 15) is 9.59 Å². The fourth-order valence-electron chi connectivity index (χ4n) is 4.40. The van der Waals surface area contributed by atoms with E-state index in [1.54, 1.807) is 4.90 Å². The Morgan fingerprint density at radius 3 is 2.48 bits per heavy atom. The molecule has 1 fully saturated rings. The SMILES string of the molecule is C[C@@H]1C[C@H](C)C[NH+]([C@@H](C)C(=O)N2c3ccccc3NC(=O)C2(C)C)C1. The van der Waals surface area contributed by atoms with E-state index in [2.05, 4.69) is 19.2 Å². The number of carbonyl (C=O) groups excluding carboxylic acids is 2. The highest BCUT2D eigenvalue weighted by Gasteiger charge is 2.47. The molecule has 2 amide bonds. The maximum absolute atomic E-state index is 13.5. The number of nitrogens with one attached hydrogen (secondary N) is 2. The molecule has 0 radical (unpaired) electrons. The highest BCUT2D eigenvalue weighted by Crippen LogP contribution is 2.36. The number of carbonyl (C=O) groups is 2. The number of hydrogen-bond donors (Lipinski definition) is 2. The minimum absolute atomic E-state index is 0.0311. The molecule has 2 aliphatic rings. The van der Waals surface area contributed by atoms with E-state index >= 15 is 0 Å². The number of piperidine rings is 1. The molecule has 0 spiro atoms. The minimum atomic E-state index is -0.897. The summed E-state index contributed by atoms with van der Waals surface area (Å²) in [6.45, 7) is 12.2. The third-order valence-corrected chi connectivity index (χ3v) is 5.74. The predicted octanol–water partition coefficient (Wildman–Crippen LogP) is 1.70. The maximum atomic E-state index is 13.5. The van der Waals surface area contributed by atoms with Gasteiger partial charge < -0.3 is 10.2 Å². The van der Waals surface area contributed by atoms with Gasteiger partial charge in [-0.1, -0.05) is 26.0 Å². The van der Waals surface area contributed by atoms with Gasteiger partial charge in [0.25, 0.3) is 5.91 Å². The minimum Gasteiger partial charge on any atom is -0.324 e. The van der Waals surface area contributed by atoms with Crippen LogP contribution >= 0.6 is 0 Å². The summed E-state index contributed by atoms with van der Waals surface area (Å²) < 4.78 is 0. The van der Waals surface area contributed by atoms with Crippen LogP contribution in [0.1, 0.15) is 41.0 Å². The van der Waals surface area contributed by atoms with Gasteiger partial charge in [-0.25, -0.2) is 0 Å². The lowest BCUT2D eigenvalue weighted by Gasteiger charge is -2.44. The highest BCUT2D eigenvalue weighted by atomic mass is 16.2. The van der Waals surface area contributed by atoms with E-state index in [4.69, 9.17) is 0 Å². The van der Waals surface area contributed by atoms with Gasteiger partial charge in [0, 0.05) is 11.8 Å². The number of likely N-dealkylation sites (tertiary alicyclic amines) is 1. The van der Waals surface area contributed by atoms with E-state index in [0.29, 0.717) is 17.5 Å². The number of fused-ring (bicyclic) bond motifs is 1. The van der Waals surface area contributed by atoms with Crippen LogP contribution in [0.3, 0.4) is 0 Å². The number of para-hydroxylation sites is 2. The van der Waals surface area contributed by atoms with Crippen molar-refractivity contribution in [3.05, 3.63) is 24.3 Å². The molecule has 25 heavy (non-hydrogen) atoms. The van der Waals surface area contributed by atoms with Crippen molar-refractivity contribution in [3.8, 4) is 0 Å². The van der Waals surface area contributed by atoms with Crippen LogP contribution in [0.25, 0.3) is 0 Å². The number of quaternary nitrogens is 1. The zero-order valence-electron chi connectivity index (χ0n) is 15.9. The third kappa shape index (κ3) is 3.17. The van der Waals surface area contributed by atoms with Crippen LogP contribution < -0.4 is 15.1 Å². The smallest absolute Gasteiger partial charge is 0.285 e. The average molecular weight is 344 g/mol. The zero-order chi connectivity index (χ0) is 18.4. The summed E-state index contributed by atoms with van der Waals surface area (Å²) in [5, 5.41) is 2.93. The molecule has 1 aromatic rings. The number of amides is 2. The van der Waals surface area contributed by atoms with E-state index < -0.39 is 5.54 Å². The van der Waals surface area contributed by atoms with Gasteiger partial charge >= 0.3 is 0 Å². The van der Waals surface area contributed by atoms with Gasteiger partial charge in [0.1, 0.15) is 5.54 Å². The molecule has 2 aliphatic heterocycles. The molecule has 0 saturated carbocycles. The summed E-state index contributed by atoms with van der Waals surface area (Å²) in [6.07, 6.45) is 1.23. The second-order valence-corrected chi connectivity index (χ2v) is 8.44. The van der Waals surface area contributed by atoms with E-state index in [0.717, 1.165) is 18.8 Å². The van der Waals surface area contributed by atoms with Crippen molar-refractivity contribution in [2.45, 2.75) is 52.6 Å². The molecule has 5 heteroatoms. The Balaban J connectivity index is 1.93. The summed E-state index contributed by atoms with van der Waals surface area (Å²) in [6, 6.07) is 7.39. The molecule has 0 bridgehead atoms. The second kappa shape index (κ2) is 6.45. The zero-order valence-corrected chi connectivity index (χ0v) is 15.9. The summed E-state index contributed by atoms with van der Waals surface area (Å²) >= 11 is 0. The van der Waals surface area contributed by atoms with Gasteiger partial charge in [-0.15, -0.1) is 0 Å². The first kappa shape index (κ1) is 17.9. The van der Waals surface area contributed by atoms with Crippen LogP contribution in [0.5, 0.6) is 0 Å². The molecular formula is C20H30N3O2+. The van der Waals surface area contributed by atoms with Crippen LogP contribution in [0.2, 0.25) is 0 Å². The highest BCUT2D eigenvalue weighted by molar-refractivity contribution is 6.14. The Hall–Kier alpha value is -1.88. The quantitative estimate of drug-likeness (QED) is 0.858. The Labute approximate surface area is 150 Å². The number of anilines is 2. The largest absolute Gasteiger partial charge is 0.324 e. The van der Waals surface area contributed by atoms with Crippen molar-refractivity contribution in [1.82, 2.24) is 0 Å². The van der Waals surface area contributed by atoms with Gasteiger partial charge in [-0.05, 0) is 39.3 Å². The molecule has 2 N–H and O–H groups in total. The monoisotopic (exact) mass is 344 g/mol. The van der Waals surface area contributed by atoms with Gasteiger partial charge in [-0.3, -0.25) is 14.5 Å². The first-order valence-corrected chi connectivity index (χ1v) is 9.31. The topological polar surface area (TPSA) is 53.9 Å². The van der Waals surface area contributed by atoms with Gasteiger partial charge in [-0.2, -0.15) is 0 Å². The standard InChI is InChI=1S/C20H29N3O2/c1-13-10-14(2)12-22(11-13)15(3)18(24)23-17-9-7-6-8-16(17)21-19(25)20(23,4)5/h6-9,13-15H,10-12H2,1-5H3,(H,21,25)/p+1/t13-,14+,15-/m0/s1. The molecule has 1 aromatic carbocycles. The lowest BCUT2D eigenvalue weighted by Crippen LogP contribution is -3.18. The van der Waals surface area contributed by atoms with E-state index in [1.807, 2.05) is 45.0 Å². The van der Waals surface area contributed by atoms with Crippen molar-refractivity contribution >= 4 is 23.2 Å². The van der Waals surface area contributed by atoms with Crippen LogP contribution in [0, 0.1) is 11.8 Å². The van der Waals surface area contributed by atoms with Crippen molar-refractivity contribution in [2.75, 3.05) is 23.3 Å². The fraction of sp³-hybridized carbons (Fsp3) is 0.600. The summed E-state index contributed by atoms with van der Waals surface area (Å²) in [5.74, 6) is 1.14. The molecule has 1 unspecified atom stereocenters. The molecule has 3 rings (SSSR count). The molecule has 0 aliphatic carbocycles. The predicted molar refractivity (Wildman–Crippen MR) is 99.7 cm³/mol. The first-order valence-electron chi connectivity index (χ1n) is 9.31. The normalized spacial score (nSPS) is 29.6. The molecule has 4 atom stereocenters. The molecule has 0 aromatic heterocycles. The van der Waals surface area contributed by atoms with Crippen molar-refractivity contribution < 1.29 is 14.5 Å². The Bertz CT molecular complexity index is 675. The van der Waals surface area contributed by atoms with Crippen LogP contribution in [0.15, 0.2) is 24.3 Å². The summed E-state index contributed by atoms with van der Waals surface area (Å²) in [5.41, 5.74) is 0.607. The molecule has 136 valence electrons. The lowest BCUT2D eigenvalue weighted by molar-refractivity contribution is -0.925. The molecule has 5 nitrogen and oxygen atoms in total. The molecular weight excluding hydrogens is 314 g/mol. The van der Waals surface area contributed by atoms with Crippen LogP contribution in [-0.4, -0.2) is 36.5 Å². The van der Waals surface area contributed by atoms with Crippen LogP contribution in [0.4, 0.5) is 11.4 Å².